The summed E-state index contributed by atoms with van der Waals surface area (Å²) in [4.78, 5) is 14.0. The van der Waals surface area contributed by atoms with Gasteiger partial charge in [-0.3, -0.25) is 9.63 Å². The number of allylic oxidation sites excluding steroid dienone is 1. The van der Waals surface area contributed by atoms with Crippen molar-refractivity contribution in [2.24, 2.45) is 0 Å². The first-order valence-electron chi connectivity index (χ1n) is 8.41. The van der Waals surface area contributed by atoms with Crippen LogP contribution in [0.5, 0.6) is 0 Å². The van der Waals surface area contributed by atoms with Crippen LogP contribution >= 0.6 is 23.4 Å². The molecule has 5 nitrogen and oxygen atoms in total. The first kappa shape index (κ1) is 19.1. The van der Waals surface area contributed by atoms with Gasteiger partial charge in [0.2, 0.25) is 5.91 Å². The van der Waals surface area contributed by atoms with Crippen molar-refractivity contribution in [3.63, 3.8) is 0 Å². The molecule has 1 N–H and O–H groups in total. The van der Waals surface area contributed by atoms with Crippen LogP contribution in [0.1, 0.15) is 25.7 Å². The van der Waals surface area contributed by atoms with Crippen molar-refractivity contribution in [2.45, 2.75) is 37.0 Å². The first-order chi connectivity index (χ1) is 12.5. The zero-order chi connectivity index (χ0) is 18.8. The molecule has 7 heteroatoms. The SMILES string of the molecule is COC1([n+]2ccccc2)C(Cl)=CC([O-])(C(=O)NCl)C=C1C=C1CCCC1. The molecule has 1 fully saturated rings. The Morgan fingerprint density at radius 2 is 1.92 bits per heavy atom. The second kappa shape index (κ2) is 7.53. The number of aromatic nitrogens is 1. The summed E-state index contributed by atoms with van der Waals surface area (Å²) in [5.41, 5.74) is -1.69. The highest BCUT2D eigenvalue weighted by Gasteiger charge is 2.51. The van der Waals surface area contributed by atoms with E-state index in [4.69, 9.17) is 28.1 Å². The fraction of sp³-hybridized carbons (Fsp3) is 0.368. The number of carbonyl (C=O) groups is 1. The van der Waals surface area contributed by atoms with Gasteiger partial charge in [0, 0.05) is 36.6 Å². The third-order valence-electron chi connectivity index (χ3n) is 4.85. The predicted octanol–water partition coefficient (Wildman–Crippen LogP) is 2.21. The fourth-order valence-corrected chi connectivity index (χ4v) is 4.13. The van der Waals surface area contributed by atoms with Crippen LogP contribution in [0, 0.1) is 0 Å². The first-order valence-corrected chi connectivity index (χ1v) is 9.17. The van der Waals surface area contributed by atoms with Crippen LogP contribution in [-0.2, 0) is 15.3 Å². The molecule has 0 aromatic carbocycles. The van der Waals surface area contributed by atoms with E-state index in [-0.39, 0.29) is 5.03 Å². The number of hydrogen-bond donors (Lipinski definition) is 1. The molecule has 0 bridgehead atoms. The molecular weight excluding hydrogens is 375 g/mol. The topological polar surface area (TPSA) is 65.3 Å². The third kappa shape index (κ3) is 3.21. The second-order valence-electron chi connectivity index (χ2n) is 6.45. The fourth-order valence-electron chi connectivity index (χ4n) is 3.53. The van der Waals surface area contributed by atoms with E-state index in [0.717, 1.165) is 31.8 Å². The van der Waals surface area contributed by atoms with Gasteiger partial charge < -0.3 is 9.84 Å². The maximum absolute atomic E-state index is 13.1. The number of hydrogen-bond acceptors (Lipinski definition) is 3. The molecule has 1 heterocycles. The van der Waals surface area contributed by atoms with Crippen molar-refractivity contribution in [2.75, 3.05) is 7.11 Å². The van der Waals surface area contributed by atoms with E-state index < -0.39 is 17.2 Å². The van der Waals surface area contributed by atoms with Gasteiger partial charge in [-0.05, 0) is 31.8 Å². The van der Waals surface area contributed by atoms with Gasteiger partial charge in [0.15, 0.2) is 12.4 Å². The predicted molar refractivity (Wildman–Crippen MR) is 96.9 cm³/mol. The summed E-state index contributed by atoms with van der Waals surface area (Å²) in [6.45, 7) is 0. The van der Waals surface area contributed by atoms with E-state index in [9.17, 15) is 9.90 Å². The molecule has 1 amide bonds. The van der Waals surface area contributed by atoms with Crippen LogP contribution in [0.2, 0.25) is 0 Å². The Kier molecular flexibility index (Phi) is 5.53. The zero-order valence-electron chi connectivity index (χ0n) is 14.4. The Labute approximate surface area is 162 Å². The van der Waals surface area contributed by atoms with Crippen LogP contribution in [0.25, 0.3) is 0 Å². The minimum Gasteiger partial charge on any atom is -0.836 e. The summed E-state index contributed by atoms with van der Waals surface area (Å²) in [6, 6.07) is 5.56. The largest absolute Gasteiger partial charge is 0.836 e. The van der Waals surface area contributed by atoms with Gasteiger partial charge in [-0.2, -0.15) is 4.57 Å². The summed E-state index contributed by atoms with van der Waals surface area (Å²) >= 11 is 12.0. The monoisotopic (exact) mass is 394 g/mol. The summed E-state index contributed by atoms with van der Waals surface area (Å²) in [5.74, 6) is -0.887. The smallest absolute Gasteiger partial charge is 0.336 e. The lowest BCUT2D eigenvalue weighted by Gasteiger charge is -2.40. The third-order valence-corrected chi connectivity index (χ3v) is 5.38. The Morgan fingerprint density at radius 1 is 1.27 bits per heavy atom. The molecule has 1 aromatic heterocycles. The average Bonchev–Trinajstić information content (AvgIpc) is 3.15. The Hall–Kier alpha value is -1.66. The molecule has 2 aliphatic rings. The maximum Gasteiger partial charge on any atom is 0.336 e. The van der Waals surface area contributed by atoms with Crippen LogP contribution in [-0.4, -0.2) is 18.6 Å². The molecule has 2 atom stereocenters. The minimum absolute atomic E-state index is 0.110. The molecule has 2 aliphatic carbocycles. The van der Waals surface area contributed by atoms with E-state index in [0.29, 0.717) is 5.57 Å². The van der Waals surface area contributed by atoms with Crippen LogP contribution in [0.3, 0.4) is 0 Å². The van der Waals surface area contributed by atoms with Crippen LogP contribution < -0.4 is 14.5 Å². The van der Waals surface area contributed by atoms with Crippen LogP contribution in [0.15, 0.2) is 65.0 Å². The Bertz CT molecular complexity index is 783. The number of nitrogens with zero attached hydrogens (tertiary/aromatic N) is 1. The van der Waals surface area contributed by atoms with Crippen molar-refractivity contribution in [3.8, 4) is 0 Å². The lowest BCUT2D eigenvalue weighted by molar-refractivity contribution is -0.785. The molecular formula is C19H20Cl2N2O3. The van der Waals surface area contributed by atoms with E-state index >= 15 is 0 Å². The molecule has 3 rings (SSSR count). The number of methoxy groups -OCH3 is 1. The highest BCUT2D eigenvalue weighted by Crippen LogP contribution is 2.41. The van der Waals surface area contributed by atoms with Crippen molar-refractivity contribution in [3.05, 3.63) is 65.0 Å². The minimum atomic E-state index is -2.21. The van der Waals surface area contributed by atoms with Gasteiger partial charge in [-0.15, -0.1) is 0 Å². The van der Waals surface area contributed by atoms with E-state index in [1.807, 2.05) is 29.1 Å². The highest BCUT2D eigenvalue weighted by molar-refractivity contribution is 6.31. The summed E-state index contributed by atoms with van der Waals surface area (Å²) < 4.78 is 7.63. The number of ether oxygens (including phenoxy) is 1. The summed E-state index contributed by atoms with van der Waals surface area (Å²) in [5, 5.41) is 13.2. The van der Waals surface area contributed by atoms with Gasteiger partial charge in [-0.25, -0.2) is 0 Å². The molecule has 138 valence electrons. The van der Waals surface area contributed by atoms with Gasteiger partial charge >= 0.3 is 5.72 Å². The maximum atomic E-state index is 13.1. The van der Waals surface area contributed by atoms with Crippen molar-refractivity contribution in [1.29, 1.82) is 0 Å². The van der Waals surface area contributed by atoms with Crippen LogP contribution in [0.4, 0.5) is 0 Å². The number of pyridine rings is 1. The number of rotatable bonds is 4. The lowest BCUT2D eigenvalue weighted by Crippen LogP contribution is -2.63. The summed E-state index contributed by atoms with van der Waals surface area (Å²) in [6.07, 6.45) is 12.1. The summed E-state index contributed by atoms with van der Waals surface area (Å²) in [7, 11) is 1.52. The number of amides is 1. The molecule has 0 saturated heterocycles. The van der Waals surface area contributed by atoms with Gasteiger partial charge in [0.1, 0.15) is 5.03 Å². The van der Waals surface area contributed by atoms with E-state index in [1.165, 1.54) is 18.8 Å². The van der Waals surface area contributed by atoms with Crippen molar-refractivity contribution >= 4 is 29.3 Å². The quantitative estimate of drug-likeness (QED) is 0.628. The molecule has 26 heavy (non-hydrogen) atoms. The zero-order valence-corrected chi connectivity index (χ0v) is 15.9. The lowest BCUT2D eigenvalue weighted by atomic mass is 9.85. The standard InChI is InChI=1S/C19H20Cl2N2O3/c1-26-19(23-9-5-2-6-10-23)15(11-14-7-3-4-8-14)12-18(25,13-16(19)20)17(24)22-21/h2,5-6,9-13H,3-4,7-8H2,1H3,(H,22,24). The van der Waals surface area contributed by atoms with Gasteiger partial charge in [-0.1, -0.05) is 35.4 Å². The van der Waals surface area contributed by atoms with Crippen molar-refractivity contribution < 1.29 is 19.2 Å². The van der Waals surface area contributed by atoms with E-state index in [2.05, 4.69) is 0 Å². The number of halogens is 2. The Morgan fingerprint density at radius 3 is 2.50 bits per heavy atom. The highest BCUT2D eigenvalue weighted by atomic mass is 35.5. The average molecular weight is 395 g/mol. The van der Waals surface area contributed by atoms with E-state index in [1.54, 1.807) is 17.0 Å². The molecule has 1 aromatic rings. The number of carbonyl (C=O) groups excluding carboxylic acids is 1. The van der Waals surface area contributed by atoms with Gasteiger partial charge in [0.05, 0.1) is 5.57 Å². The molecule has 0 spiro atoms. The molecule has 1 saturated carbocycles. The second-order valence-corrected chi connectivity index (χ2v) is 7.05. The molecule has 2 unspecified atom stereocenters. The number of nitrogens with one attached hydrogen (secondary N) is 1. The van der Waals surface area contributed by atoms with Gasteiger partial charge in [0.25, 0.3) is 0 Å². The molecule has 0 radical (unpaired) electrons. The molecule has 0 aliphatic heterocycles. The van der Waals surface area contributed by atoms with Crippen molar-refractivity contribution in [1.82, 2.24) is 4.84 Å². The Balaban J connectivity index is 2.21. The normalized spacial score (nSPS) is 28.4.